The van der Waals surface area contributed by atoms with Crippen LogP contribution in [0, 0.1) is 5.92 Å². The predicted octanol–water partition coefficient (Wildman–Crippen LogP) is 3.54. The van der Waals surface area contributed by atoms with E-state index in [1.54, 1.807) is 6.20 Å². The van der Waals surface area contributed by atoms with Crippen molar-refractivity contribution in [3.05, 3.63) is 41.9 Å². The van der Waals surface area contributed by atoms with Gasteiger partial charge >= 0.3 is 12.0 Å². The largest absolute Gasteiger partial charge is 0.472 e. The zero-order chi connectivity index (χ0) is 25.9. The van der Waals surface area contributed by atoms with E-state index in [2.05, 4.69) is 38.7 Å². The van der Waals surface area contributed by atoms with E-state index in [0.29, 0.717) is 24.6 Å². The van der Waals surface area contributed by atoms with E-state index in [1.165, 1.54) is 17.6 Å². The number of hydrogen-bond acceptors (Lipinski definition) is 9. The second-order valence-electron chi connectivity index (χ2n) is 10.1. The van der Waals surface area contributed by atoms with Gasteiger partial charge in [0.1, 0.15) is 18.2 Å². The van der Waals surface area contributed by atoms with Crippen molar-refractivity contribution in [1.29, 1.82) is 0 Å². The number of amides is 1. The average molecular weight is 508 g/mol. The van der Waals surface area contributed by atoms with E-state index in [-0.39, 0.29) is 24.4 Å². The van der Waals surface area contributed by atoms with Gasteiger partial charge in [-0.05, 0) is 48.3 Å². The normalized spacial score (nSPS) is 22.8. The number of hydrogen-bond donors (Lipinski definition) is 1. The summed E-state index contributed by atoms with van der Waals surface area (Å²) in [6.45, 7) is 4.09. The summed E-state index contributed by atoms with van der Waals surface area (Å²) < 4.78 is 17.2. The summed E-state index contributed by atoms with van der Waals surface area (Å²) in [6.07, 6.45) is 6.21. The van der Waals surface area contributed by atoms with E-state index in [9.17, 15) is 9.59 Å². The number of esters is 1. The third-order valence-corrected chi connectivity index (χ3v) is 7.13. The molecule has 1 amide bonds. The molecule has 3 aromatic rings. The van der Waals surface area contributed by atoms with Crippen molar-refractivity contribution in [2.45, 2.75) is 70.6 Å². The minimum Gasteiger partial charge on any atom is -0.472 e. The molecular formula is C27H33N5O5. The van der Waals surface area contributed by atoms with Crippen LogP contribution in [0.15, 0.2) is 34.9 Å². The highest BCUT2D eigenvalue weighted by molar-refractivity contribution is 5.90. The smallest absolute Gasteiger partial charge is 0.328 e. The average Bonchev–Trinajstić information content (AvgIpc) is 3.53. The maximum atomic E-state index is 13.8. The van der Waals surface area contributed by atoms with Crippen LogP contribution in [-0.2, 0) is 27.2 Å². The molecule has 10 heteroatoms. The highest BCUT2D eigenvalue weighted by Gasteiger charge is 2.44. The lowest BCUT2D eigenvalue weighted by atomic mass is 10.0. The van der Waals surface area contributed by atoms with Gasteiger partial charge in [0.25, 0.3) is 0 Å². The third kappa shape index (κ3) is 5.38. The summed E-state index contributed by atoms with van der Waals surface area (Å²) in [5.74, 6) is 0.226. The molecule has 4 heterocycles. The molecule has 0 unspecified atom stereocenters. The number of ether oxygens (including phenoxy) is 2. The van der Waals surface area contributed by atoms with Crippen LogP contribution in [-0.4, -0.2) is 63.8 Å². The first kappa shape index (κ1) is 25.0. The van der Waals surface area contributed by atoms with Crippen LogP contribution < -0.4 is 10.1 Å². The summed E-state index contributed by atoms with van der Waals surface area (Å²) >= 11 is 0. The highest BCUT2D eigenvalue weighted by atomic mass is 16.5. The summed E-state index contributed by atoms with van der Waals surface area (Å²) in [7, 11) is 1.33. The lowest BCUT2D eigenvalue weighted by molar-refractivity contribution is -0.151. The Morgan fingerprint density at radius 3 is 2.81 bits per heavy atom. The maximum absolute atomic E-state index is 13.8. The number of aromatic nitrogens is 3. The van der Waals surface area contributed by atoms with Crippen molar-refractivity contribution in [2.75, 3.05) is 19.0 Å². The Morgan fingerprint density at radius 2 is 2.00 bits per heavy atom. The SMILES string of the molecule is COC(=O)[C@@H]1C[C@@H]2CN1C(=O)[C@H](C(C)C)Nc1nnc(o1)CCCCCc1ccc3ccnc(c3c1)O2. The van der Waals surface area contributed by atoms with Crippen molar-refractivity contribution in [1.82, 2.24) is 20.1 Å². The Hall–Kier alpha value is -3.69. The monoisotopic (exact) mass is 507 g/mol. The number of nitrogens with one attached hydrogen (secondary N) is 1. The van der Waals surface area contributed by atoms with Crippen LogP contribution in [0.5, 0.6) is 5.88 Å². The molecule has 1 fully saturated rings. The van der Waals surface area contributed by atoms with Crippen LogP contribution in [0.4, 0.5) is 6.01 Å². The van der Waals surface area contributed by atoms with Gasteiger partial charge in [-0.15, -0.1) is 5.10 Å². The van der Waals surface area contributed by atoms with Crippen molar-refractivity contribution < 1.29 is 23.5 Å². The van der Waals surface area contributed by atoms with E-state index in [1.807, 2.05) is 19.9 Å². The van der Waals surface area contributed by atoms with Crippen LogP contribution in [0.25, 0.3) is 10.8 Å². The zero-order valence-electron chi connectivity index (χ0n) is 21.5. The number of carbonyl (C=O) groups excluding carboxylic acids is 2. The summed E-state index contributed by atoms with van der Waals surface area (Å²) in [5.41, 5.74) is 1.21. The second-order valence-corrected chi connectivity index (χ2v) is 10.1. The van der Waals surface area contributed by atoms with E-state index >= 15 is 0 Å². The minimum absolute atomic E-state index is 0.103. The molecular weight excluding hydrogens is 474 g/mol. The molecule has 1 N–H and O–H groups in total. The maximum Gasteiger partial charge on any atom is 0.328 e. The fourth-order valence-electron chi connectivity index (χ4n) is 5.10. The Morgan fingerprint density at radius 1 is 1.16 bits per heavy atom. The van der Waals surface area contributed by atoms with E-state index < -0.39 is 24.2 Å². The standard InChI is InChI=1S/C27H33N5O5/c1-16(2)23-25(33)32-15-19(14-21(32)26(34)35-3)36-24-20-13-17(9-10-18(20)11-12-28-24)7-5-4-6-8-22-30-31-27(29-23)37-22/h9-13,16,19,21,23H,4-8,14-15H2,1-3H3,(H,29,31)/t19-,21+,23+/m1/s1. The fourth-order valence-corrected chi connectivity index (χ4v) is 5.10. The molecule has 6 bridgehead atoms. The van der Waals surface area contributed by atoms with E-state index in [4.69, 9.17) is 13.9 Å². The zero-order valence-corrected chi connectivity index (χ0v) is 21.5. The summed E-state index contributed by atoms with van der Waals surface area (Å²) in [6, 6.07) is 7.08. The van der Waals surface area contributed by atoms with Gasteiger partial charge < -0.3 is 24.1 Å². The summed E-state index contributed by atoms with van der Waals surface area (Å²) in [4.78, 5) is 32.5. The Balaban J connectivity index is 1.50. The number of methoxy groups -OCH3 is 1. The van der Waals surface area contributed by atoms with E-state index in [0.717, 1.165) is 36.5 Å². The van der Waals surface area contributed by atoms with Gasteiger partial charge in [0.15, 0.2) is 0 Å². The molecule has 2 aliphatic rings. The molecule has 1 saturated heterocycles. The molecule has 1 aromatic carbocycles. The number of pyridine rings is 1. The van der Waals surface area contributed by atoms with Gasteiger partial charge in [0.05, 0.1) is 13.7 Å². The number of anilines is 1. The van der Waals surface area contributed by atoms with Crippen molar-refractivity contribution in [3.8, 4) is 5.88 Å². The first-order valence-electron chi connectivity index (χ1n) is 12.9. The van der Waals surface area contributed by atoms with Gasteiger partial charge in [0, 0.05) is 24.4 Å². The summed E-state index contributed by atoms with van der Waals surface area (Å²) in [5, 5.41) is 13.3. The lowest BCUT2D eigenvalue weighted by Crippen LogP contribution is -2.50. The van der Waals surface area contributed by atoms with Crippen molar-refractivity contribution in [3.63, 3.8) is 0 Å². The van der Waals surface area contributed by atoms with Gasteiger partial charge in [0.2, 0.25) is 17.7 Å². The Labute approximate surface area is 215 Å². The lowest BCUT2D eigenvalue weighted by Gasteiger charge is -2.29. The number of rotatable bonds is 2. The molecule has 3 atom stereocenters. The highest BCUT2D eigenvalue weighted by Crippen LogP contribution is 2.30. The molecule has 0 spiro atoms. The number of carbonyl (C=O) groups is 2. The fraction of sp³-hybridized carbons (Fsp3) is 0.519. The minimum atomic E-state index is -0.764. The number of aryl methyl sites for hydroxylation is 2. The molecule has 10 nitrogen and oxygen atoms in total. The van der Waals surface area contributed by atoms with Crippen molar-refractivity contribution in [2.24, 2.45) is 5.92 Å². The molecule has 5 rings (SSSR count). The first-order chi connectivity index (χ1) is 17.9. The number of benzene rings is 1. The Bertz CT molecular complexity index is 1280. The topological polar surface area (TPSA) is 120 Å². The molecule has 2 aliphatic heterocycles. The molecule has 0 saturated carbocycles. The van der Waals surface area contributed by atoms with Crippen LogP contribution in [0.2, 0.25) is 0 Å². The van der Waals surface area contributed by atoms with Crippen LogP contribution in [0.1, 0.15) is 51.0 Å². The second kappa shape index (κ2) is 10.7. The molecule has 0 aliphatic carbocycles. The number of fused-ring (bicyclic) bond motifs is 5. The molecule has 196 valence electrons. The first-order valence-corrected chi connectivity index (χ1v) is 12.9. The molecule has 0 radical (unpaired) electrons. The molecule has 2 aromatic heterocycles. The van der Waals surface area contributed by atoms with Crippen LogP contribution >= 0.6 is 0 Å². The van der Waals surface area contributed by atoms with Gasteiger partial charge in [-0.2, -0.15) is 0 Å². The van der Waals surface area contributed by atoms with Gasteiger partial charge in [-0.1, -0.05) is 37.5 Å². The molecule has 37 heavy (non-hydrogen) atoms. The quantitative estimate of drug-likeness (QED) is 0.519. The van der Waals surface area contributed by atoms with Crippen LogP contribution in [0.3, 0.4) is 0 Å². The van der Waals surface area contributed by atoms with Crippen molar-refractivity contribution >= 4 is 28.7 Å². The third-order valence-electron chi connectivity index (χ3n) is 7.13. The van der Waals surface area contributed by atoms with Gasteiger partial charge in [-0.3, -0.25) is 4.79 Å². The Kier molecular flexibility index (Phi) is 7.25. The van der Waals surface area contributed by atoms with Gasteiger partial charge in [-0.25, -0.2) is 9.78 Å². The number of nitrogens with zero attached hydrogens (tertiary/aromatic N) is 4. The predicted molar refractivity (Wildman–Crippen MR) is 136 cm³/mol.